The maximum atomic E-state index is 9.97. The molecular formula is C14H20BrN3O. The molecule has 1 fully saturated rings. The average Bonchev–Trinajstić information content (AvgIpc) is 2.78. The van der Waals surface area contributed by atoms with Crippen LogP contribution in [0.1, 0.15) is 32.3 Å². The van der Waals surface area contributed by atoms with Crippen molar-refractivity contribution in [3.63, 3.8) is 0 Å². The van der Waals surface area contributed by atoms with Gasteiger partial charge in [0.25, 0.3) is 0 Å². The third-order valence-electron chi connectivity index (χ3n) is 3.03. The fourth-order valence-electron chi connectivity index (χ4n) is 2.16. The van der Waals surface area contributed by atoms with Crippen molar-refractivity contribution >= 4 is 21.6 Å². The predicted molar refractivity (Wildman–Crippen MR) is 79.5 cm³/mol. The molecule has 1 aromatic rings. The monoisotopic (exact) mass is 325 g/mol. The van der Waals surface area contributed by atoms with Gasteiger partial charge in [-0.05, 0) is 50.5 Å². The van der Waals surface area contributed by atoms with Crippen molar-refractivity contribution in [2.24, 2.45) is 10.3 Å². The highest BCUT2D eigenvalue weighted by Crippen LogP contribution is 2.28. The Hall–Kier alpha value is -0.940. The summed E-state index contributed by atoms with van der Waals surface area (Å²) in [4.78, 5) is 0. The van der Waals surface area contributed by atoms with Gasteiger partial charge in [-0.3, -0.25) is 5.01 Å². The summed E-state index contributed by atoms with van der Waals surface area (Å²) < 4.78 is 0.992. The first-order valence-electron chi connectivity index (χ1n) is 6.61. The minimum absolute atomic E-state index is 0.556. The van der Waals surface area contributed by atoms with E-state index in [0.717, 1.165) is 28.8 Å². The smallest absolute Gasteiger partial charge is 0.0908 e. The molecule has 4 nitrogen and oxygen atoms in total. The first-order valence-corrected chi connectivity index (χ1v) is 7.41. The largest absolute Gasteiger partial charge is 0.390 e. The zero-order valence-corrected chi connectivity index (χ0v) is 13.0. The van der Waals surface area contributed by atoms with E-state index in [1.165, 1.54) is 12.8 Å². The van der Waals surface area contributed by atoms with Crippen LogP contribution in [-0.4, -0.2) is 28.8 Å². The third-order valence-corrected chi connectivity index (χ3v) is 3.52. The second kappa shape index (κ2) is 6.01. The number of benzene rings is 1. The number of hydrogen-bond donors (Lipinski definition) is 1. The molecule has 0 radical (unpaired) electrons. The molecule has 5 heteroatoms. The molecule has 0 aliphatic carbocycles. The average molecular weight is 326 g/mol. The molecule has 0 unspecified atom stereocenters. The van der Waals surface area contributed by atoms with E-state index in [0.29, 0.717) is 6.42 Å². The van der Waals surface area contributed by atoms with Crippen molar-refractivity contribution in [1.29, 1.82) is 0 Å². The summed E-state index contributed by atoms with van der Waals surface area (Å²) in [6.07, 6.45) is 2.94. The van der Waals surface area contributed by atoms with Crippen LogP contribution in [0, 0.1) is 0 Å². The minimum atomic E-state index is -0.751. The van der Waals surface area contributed by atoms with Crippen molar-refractivity contribution in [2.45, 2.75) is 38.7 Å². The molecule has 1 aliphatic rings. The SMILES string of the molecule is CC(C)(O)Cc1cc(Br)ccc1N=NN1CCCC1. The standard InChI is InChI=1S/C14H20BrN3O/c1-14(2,19)10-11-9-12(15)5-6-13(11)16-17-18-7-3-4-8-18/h5-6,9,19H,3-4,7-8,10H2,1-2H3. The summed E-state index contributed by atoms with van der Waals surface area (Å²) in [6, 6.07) is 5.88. The van der Waals surface area contributed by atoms with Crippen LogP contribution in [0.15, 0.2) is 33.0 Å². The Kier molecular flexibility index (Phi) is 4.58. The zero-order chi connectivity index (χ0) is 13.9. The lowest BCUT2D eigenvalue weighted by atomic mass is 9.97. The molecule has 1 heterocycles. The van der Waals surface area contributed by atoms with Crippen molar-refractivity contribution < 1.29 is 5.11 Å². The van der Waals surface area contributed by atoms with E-state index in [-0.39, 0.29) is 0 Å². The van der Waals surface area contributed by atoms with Crippen LogP contribution >= 0.6 is 15.9 Å². The fourth-order valence-corrected chi connectivity index (χ4v) is 2.57. The topological polar surface area (TPSA) is 48.2 Å². The quantitative estimate of drug-likeness (QED) is 0.854. The molecule has 0 atom stereocenters. The summed E-state index contributed by atoms with van der Waals surface area (Å²) in [6.45, 7) is 5.58. The second-order valence-electron chi connectivity index (χ2n) is 5.61. The number of aliphatic hydroxyl groups is 1. The summed E-state index contributed by atoms with van der Waals surface area (Å²) in [5.41, 5.74) is 1.08. The summed E-state index contributed by atoms with van der Waals surface area (Å²) in [5, 5.41) is 20.6. The first kappa shape index (κ1) is 14.5. The van der Waals surface area contributed by atoms with Gasteiger partial charge in [-0.2, -0.15) is 0 Å². The van der Waals surface area contributed by atoms with Crippen LogP contribution in [0.2, 0.25) is 0 Å². The molecule has 19 heavy (non-hydrogen) atoms. The normalized spacial score (nSPS) is 16.5. The highest BCUT2D eigenvalue weighted by molar-refractivity contribution is 9.10. The van der Waals surface area contributed by atoms with Crippen LogP contribution in [0.5, 0.6) is 0 Å². The van der Waals surface area contributed by atoms with Crippen molar-refractivity contribution in [3.05, 3.63) is 28.2 Å². The van der Waals surface area contributed by atoms with Gasteiger partial charge >= 0.3 is 0 Å². The summed E-state index contributed by atoms with van der Waals surface area (Å²) in [7, 11) is 0. The Morgan fingerprint density at radius 1 is 1.32 bits per heavy atom. The van der Waals surface area contributed by atoms with Gasteiger partial charge in [-0.1, -0.05) is 21.2 Å². The molecule has 104 valence electrons. The van der Waals surface area contributed by atoms with E-state index in [1.54, 1.807) is 13.8 Å². The first-order chi connectivity index (χ1) is 8.94. The molecule has 2 rings (SSSR count). The molecule has 1 aromatic carbocycles. The van der Waals surface area contributed by atoms with Crippen molar-refractivity contribution in [2.75, 3.05) is 13.1 Å². The van der Waals surface area contributed by atoms with Gasteiger partial charge in [0.2, 0.25) is 0 Å². The maximum Gasteiger partial charge on any atom is 0.0908 e. The van der Waals surface area contributed by atoms with Gasteiger partial charge in [-0.25, -0.2) is 0 Å². The number of hydrogen-bond acceptors (Lipinski definition) is 3. The lowest BCUT2D eigenvalue weighted by molar-refractivity contribution is 0.0811. The van der Waals surface area contributed by atoms with Gasteiger partial charge < -0.3 is 5.11 Å². The third kappa shape index (κ3) is 4.58. The second-order valence-corrected chi connectivity index (χ2v) is 6.53. The van der Waals surface area contributed by atoms with Crippen LogP contribution in [-0.2, 0) is 6.42 Å². The van der Waals surface area contributed by atoms with E-state index >= 15 is 0 Å². The molecule has 0 bridgehead atoms. The summed E-state index contributed by atoms with van der Waals surface area (Å²) >= 11 is 3.46. The molecule has 0 amide bonds. The molecule has 0 spiro atoms. The Labute approximate surface area is 122 Å². The highest BCUT2D eigenvalue weighted by atomic mass is 79.9. The van der Waals surface area contributed by atoms with E-state index in [4.69, 9.17) is 0 Å². The zero-order valence-electron chi connectivity index (χ0n) is 11.4. The van der Waals surface area contributed by atoms with Gasteiger partial charge in [0.05, 0.1) is 11.3 Å². The van der Waals surface area contributed by atoms with Gasteiger partial charge in [-0.15, -0.1) is 5.11 Å². The van der Waals surface area contributed by atoms with Gasteiger partial charge in [0.1, 0.15) is 0 Å². The van der Waals surface area contributed by atoms with Crippen molar-refractivity contribution in [3.8, 4) is 0 Å². The van der Waals surface area contributed by atoms with Crippen LogP contribution in [0.25, 0.3) is 0 Å². The van der Waals surface area contributed by atoms with E-state index in [2.05, 4.69) is 26.3 Å². The fraction of sp³-hybridized carbons (Fsp3) is 0.571. The predicted octanol–water partition coefficient (Wildman–Crippen LogP) is 3.86. The minimum Gasteiger partial charge on any atom is -0.390 e. The maximum absolute atomic E-state index is 9.97. The van der Waals surface area contributed by atoms with Crippen LogP contribution < -0.4 is 0 Å². The Morgan fingerprint density at radius 2 is 2.00 bits per heavy atom. The number of halogens is 1. The van der Waals surface area contributed by atoms with Crippen LogP contribution in [0.4, 0.5) is 5.69 Å². The van der Waals surface area contributed by atoms with Gasteiger partial charge in [0.15, 0.2) is 0 Å². The number of nitrogens with zero attached hydrogens (tertiary/aromatic N) is 3. The molecule has 1 aliphatic heterocycles. The molecule has 1 saturated heterocycles. The Balaban J connectivity index is 2.18. The molecule has 0 aromatic heterocycles. The lowest BCUT2D eigenvalue weighted by Crippen LogP contribution is -2.21. The highest BCUT2D eigenvalue weighted by Gasteiger charge is 2.17. The Bertz CT molecular complexity index is 462. The van der Waals surface area contributed by atoms with E-state index < -0.39 is 5.60 Å². The van der Waals surface area contributed by atoms with E-state index in [1.807, 2.05) is 23.2 Å². The Morgan fingerprint density at radius 3 is 2.63 bits per heavy atom. The molecular weight excluding hydrogens is 306 g/mol. The summed E-state index contributed by atoms with van der Waals surface area (Å²) in [5.74, 6) is 0. The molecule has 1 N–H and O–H groups in total. The van der Waals surface area contributed by atoms with Gasteiger partial charge in [0, 0.05) is 24.0 Å². The molecule has 0 saturated carbocycles. The van der Waals surface area contributed by atoms with Crippen molar-refractivity contribution in [1.82, 2.24) is 5.01 Å². The lowest BCUT2D eigenvalue weighted by Gasteiger charge is -2.18. The van der Waals surface area contributed by atoms with Crippen LogP contribution in [0.3, 0.4) is 0 Å². The number of rotatable bonds is 4. The van der Waals surface area contributed by atoms with E-state index in [9.17, 15) is 5.11 Å².